The zero-order chi connectivity index (χ0) is 19.8. The molecule has 0 saturated carbocycles. The lowest BCUT2D eigenvalue weighted by atomic mass is 10.2. The Morgan fingerprint density at radius 2 is 1.79 bits per heavy atom. The summed E-state index contributed by atoms with van der Waals surface area (Å²) in [5.41, 5.74) is 1.03. The zero-order valence-electron chi connectivity index (χ0n) is 15.3. The summed E-state index contributed by atoms with van der Waals surface area (Å²) in [4.78, 5) is 25.1. The molecule has 1 aromatic heterocycles. The van der Waals surface area contributed by atoms with E-state index in [2.05, 4.69) is 10.6 Å². The fourth-order valence-corrected chi connectivity index (χ4v) is 3.08. The number of hydrogen-bond acceptors (Lipinski definition) is 5. The number of amides is 2. The third-order valence-electron chi connectivity index (χ3n) is 3.83. The van der Waals surface area contributed by atoms with E-state index in [1.807, 2.05) is 29.6 Å². The Kier molecular flexibility index (Phi) is 6.64. The van der Waals surface area contributed by atoms with Crippen LogP contribution in [-0.2, 0) is 0 Å². The molecule has 2 amide bonds. The zero-order valence-corrected chi connectivity index (χ0v) is 16.1. The maximum Gasteiger partial charge on any atom is 0.265 e. The van der Waals surface area contributed by atoms with Crippen molar-refractivity contribution >= 4 is 28.8 Å². The fourth-order valence-electron chi connectivity index (χ4n) is 2.47. The average Bonchev–Trinajstić information content (AvgIpc) is 3.26. The molecular formula is C21H20N2O4S. The van der Waals surface area contributed by atoms with Crippen LogP contribution < -0.4 is 20.1 Å². The van der Waals surface area contributed by atoms with Crippen LogP contribution in [0.15, 0.2) is 66.0 Å². The molecule has 3 aromatic rings. The monoisotopic (exact) mass is 396 g/mol. The van der Waals surface area contributed by atoms with Crippen molar-refractivity contribution in [2.45, 2.75) is 0 Å². The van der Waals surface area contributed by atoms with Crippen molar-refractivity contribution in [2.24, 2.45) is 0 Å². The van der Waals surface area contributed by atoms with Crippen molar-refractivity contribution in [3.05, 3.63) is 76.5 Å². The Hall–Kier alpha value is -3.32. The quantitative estimate of drug-likeness (QED) is 0.568. The van der Waals surface area contributed by atoms with Gasteiger partial charge in [-0.1, -0.05) is 18.2 Å². The molecule has 0 fully saturated rings. The van der Waals surface area contributed by atoms with Gasteiger partial charge in [-0.15, -0.1) is 11.3 Å². The molecule has 2 aromatic carbocycles. The maximum absolute atomic E-state index is 12.3. The Morgan fingerprint density at radius 1 is 0.964 bits per heavy atom. The van der Waals surface area contributed by atoms with Gasteiger partial charge in [0.2, 0.25) is 0 Å². The molecule has 0 atom stereocenters. The third kappa shape index (κ3) is 5.34. The summed E-state index contributed by atoms with van der Waals surface area (Å²) < 4.78 is 10.7. The van der Waals surface area contributed by atoms with E-state index in [-0.39, 0.29) is 11.8 Å². The van der Waals surface area contributed by atoms with E-state index in [4.69, 9.17) is 9.47 Å². The number of hydrogen-bond donors (Lipinski definition) is 2. The van der Waals surface area contributed by atoms with Crippen molar-refractivity contribution in [1.82, 2.24) is 5.32 Å². The van der Waals surface area contributed by atoms with Crippen LogP contribution in [0.2, 0.25) is 0 Å². The smallest absolute Gasteiger partial charge is 0.265 e. The number of rotatable bonds is 8. The lowest BCUT2D eigenvalue weighted by Crippen LogP contribution is -2.28. The van der Waals surface area contributed by atoms with E-state index in [0.29, 0.717) is 40.8 Å². The fraction of sp³-hybridized carbons (Fsp3) is 0.143. The van der Waals surface area contributed by atoms with Crippen LogP contribution >= 0.6 is 11.3 Å². The molecule has 0 spiro atoms. The second-order valence-electron chi connectivity index (χ2n) is 5.80. The number of methoxy groups -OCH3 is 1. The highest BCUT2D eigenvalue weighted by molar-refractivity contribution is 7.12. The van der Waals surface area contributed by atoms with E-state index < -0.39 is 0 Å². The molecule has 1 heterocycles. The first-order valence-electron chi connectivity index (χ1n) is 8.65. The SMILES string of the molecule is COc1cccc(OCCNC(=O)c2cccc(NC(=O)c3cccs3)c2)c1. The van der Waals surface area contributed by atoms with Gasteiger partial charge in [0.05, 0.1) is 18.5 Å². The number of thiophene rings is 1. The minimum absolute atomic E-state index is 0.195. The van der Waals surface area contributed by atoms with E-state index in [1.165, 1.54) is 11.3 Å². The Balaban J connectivity index is 1.49. The van der Waals surface area contributed by atoms with E-state index in [9.17, 15) is 9.59 Å². The largest absolute Gasteiger partial charge is 0.497 e. The standard InChI is InChI=1S/C21H20N2O4S/c1-26-17-7-3-8-18(14-17)27-11-10-22-20(24)15-5-2-6-16(13-15)23-21(25)19-9-4-12-28-19/h2-9,12-14H,10-11H2,1H3,(H,22,24)(H,23,25). The highest BCUT2D eigenvalue weighted by Gasteiger charge is 2.10. The van der Waals surface area contributed by atoms with Gasteiger partial charge in [0.25, 0.3) is 11.8 Å². The number of anilines is 1. The number of nitrogens with one attached hydrogen (secondary N) is 2. The van der Waals surface area contributed by atoms with Crippen LogP contribution in [0.5, 0.6) is 11.5 Å². The molecule has 0 radical (unpaired) electrons. The Morgan fingerprint density at radius 3 is 2.57 bits per heavy atom. The van der Waals surface area contributed by atoms with Crippen LogP contribution in [0.1, 0.15) is 20.0 Å². The van der Waals surface area contributed by atoms with Gasteiger partial charge >= 0.3 is 0 Å². The lowest BCUT2D eigenvalue weighted by molar-refractivity contribution is 0.0945. The Bertz CT molecular complexity index is 941. The highest BCUT2D eigenvalue weighted by Crippen LogP contribution is 2.18. The number of benzene rings is 2. The van der Waals surface area contributed by atoms with Crippen LogP contribution in [-0.4, -0.2) is 32.1 Å². The summed E-state index contributed by atoms with van der Waals surface area (Å²) in [5, 5.41) is 7.43. The second kappa shape index (κ2) is 9.57. The van der Waals surface area contributed by atoms with Crippen LogP contribution in [0, 0.1) is 0 Å². The summed E-state index contributed by atoms with van der Waals surface area (Å²) in [6.07, 6.45) is 0. The topological polar surface area (TPSA) is 76.7 Å². The van der Waals surface area contributed by atoms with Crippen molar-refractivity contribution < 1.29 is 19.1 Å². The van der Waals surface area contributed by atoms with Crippen LogP contribution in [0.4, 0.5) is 5.69 Å². The second-order valence-corrected chi connectivity index (χ2v) is 6.74. The first-order valence-corrected chi connectivity index (χ1v) is 9.53. The average molecular weight is 396 g/mol. The molecule has 0 aliphatic rings. The number of carbonyl (C=O) groups is 2. The summed E-state index contributed by atoms with van der Waals surface area (Å²) in [5.74, 6) is 0.954. The first kappa shape index (κ1) is 19.4. The highest BCUT2D eigenvalue weighted by atomic mass is 32.1. The molecule has 0 bridgehead atoms. The summed E-state index contributed by atoms with van der Waals surface area (Å²) in [6, 6.07) is 17.6. The third-order valence-corrected chi connectivity index (χ3v) is 4.69. The van der Waals surface area contributed by atoms with Crippen molar-refractivity contribution in [3.63, 3.8) is 0 Å². The molecule has 0 unspecified atom stereocenters. The van der Waals surface area contributed by atoms with Gasteiger partial charge in [-0.25, -0.2) is 0 Å². The molecule has 0 aliphatic heterocycles. The van der Waals surface area contributed by atoms with Gasteiger partial charge < -0.3 is 20.1 Å². The van der Waals surface area contributed by atoms with Crippen LogP contribution in [0.3, 0.4) is 0 Å². The van der Waals surface area contributed by atoms with Crippen molar-refractivity contribution in [2.75, 3.05) is 25.6 Å². The predicted molar refractivity (Wildman–Crippen MR) is 110 cm³/mol. The molecule has 2 N–H and O–H groups in total. The van der Waals surface area contributed by atoms with Crippen molar-refractivity contribution in [1.29, 1.82) is 0 Å². The van der Waals surface area contributed by atoms with Gasteiger partial charge in [-0.3, -0.25) is 9.59 Å². The lowest BCUT2D eigenvalue weighted by Gasteiger charge is -2.10. The van der Waals surface area contributed by atoms with E-state index in [1.54, 1.807) is 43.5 Å². The van der Waals surface area contributed by atoms with Gasteiger partial charge in [-0.05, 0) is 41.8 Å². The normalized spacial score (nSPS) is 10.2. The van der Waals surface area contributed by atoms with Crippen molar-refractivity contribution in [3.8, 4) is 11.5 Å². The van der Waals surface area contributed by atoms with Gasteiger partial charge in [0.15, 0.2) is 0 Å². The number of carbonyl (C=O) groups excluding carboxylic acids is 2. The van der Waals surface area contributed by atoms with Crippen LogP contribution in [0.25, 0.3) is 0 Å². The molecule has 7 heteroatoms. The minimum atomic E-state index is -0.235. The van der Waals surface area contributed by atoms with Gasteiger partial charge in [0, 0.05) is 17.3 Å². The number of ether oxygens (including phenoxy) is 2. The molecule has 144 valence electrons. The molecule has 0 aliphatic carbocycles. The summed E-state index contributed by atoms with van der Waals surface area (Å²) in [6.45, 7) is 0.676. The van der Waals surface area contributed by atoms with E-state index >= 15 is 0 Å². The molecular weight excluding hydrogens is 376 g/mol. The molecule has 28 heavy (non-hydrogen) atoms. The predicted octanol–water partition coefficient (Wildman–Crippen LogP) is 3.82. The minimum Gasteiger partial charge on any atom is -0.497 e. The van der Waals surface area contributed by atoms with Gasteiger partial charge in [-0.2, -0.15) is 0 Å². The molecule has 3 rings (SSSR count). The Labute approximate surface area is 167 Å². The maximum atomic E-state index is 12.3. The summed E-state index contributed by atoms with van der Waals surface area (Å²) in [7, 11) is 1.59. The molecule has 6 nitrogen and oxygen atoms in total. The molecule has 0 saturated heterocycles. The van der Waals surface area contributed by atoms with Gasteiger partial charge in [0.1, 0.15) is 18.1 Å². The first-order chi connectivity index (χ1) is 13.7. The van der Waals surface area contributed by atoms with E-state index in [0.717, 1.165) is 0 Å². The summed E-state index contributed by atoms with van der Waals surface area (Å²) >= 11 is 1.36.